The molecule has 6 unspecified atom stereocenters. The van der Waals surface area contributed by atoms with Gasteiger partial charge in [0.1, 0.15) is 24.9 Å². The van der Waals surface area contributed by atoms with Gasteiger partial charge in [0.25, 0.3) is 0 Å². The average Bonchev–Trinajstić information content (AvgIpc) is 3.30. The Labute approximate surface area is 400 Å². The molecule has 6 atom stereocenters. The highest BCUT2D eigenvalue weighted by atomic mass is 16.7. The molecule has 11 heteroatoms. The Morgan fingerprint density at radius 3 is 1.36 bits per heavy atom. The summed E-state index contributed by atoms with van der Waals surface area (Å²) >= 11 is 0. The smallest absolute Gasteiger partial charge is 0.335 e. The zero-order valence-electron chi connectivity index (χ0n) is 41.4. The van der Waals surface area contributed by atoms with Gasteiger partial charge in [0.2, 0.25) is 0 Å². The van der Waals surface area contributed by atoms with Gasteiger partial charge in [-0.3, -0.25) is 9.59 Å². The number of carboxylic acids is 1. The maximum atomic E-state index is 12.8. The third-order valence-corrected chi connectivity index (χ3v) is 11.9. The third kappa shape index (κ3) is 35.1. The van der Waals surface area contributed by atoms with Crippen LogP contribution in [0, 0.1) is 0 Å². The van der Waals surface area contributed by atoms with E-state index >= 15 is 0 Å². The van der Waals surface area contributed by atoms with E-state index in [1.165, 1.54) is 109 Å². The second-order valence-corrected chi connectivity index (χ2v) is 18.0. The number of rotatable bonds is 44. The van der Waals surface area contributed by atoms with Crippen LogP contribution in [-0.4, -0.2) is 88.4 Å². The van der Waals surface area contributed by atoms with Crippen molar-refractivity contribution in [1.82, 2.24) is 0 Å². The van der Waals surface area contributed by atoms with Crippen LogP contribution in [0.1, 0.15) is 219 Å². The summed E-state index contributed by atoms with van der Waals surface area (Å²) in [5.41, 5.74) is 0. The molecule has 0 aliphatic carbocycles. The minimum absolute atomic E-state index is 0.177. The van der Waals surface area contributed by atoms with E-state index in [9.17, 15) is 34.8 Å². The summed E-state index contributed by atoms with van der Waals surface area (Å²) in [6, 6.07) is 0. The number of aliphatic carboxylic acids is 1. The van der Waals surface area contributed by atoms with Gasteiger partial charge in [-0.15, -0.1) is 0 Å². The normalized spacial score (nSPS) is 19.6. The number of unbranched alkanes of at least 4 members (excludes halogenated alkanes) is 23. The number of allylic oxidation sites excluding steroid dienone is 10. The Balaban J connectivity index is 2.29. The Kier molecular flexibility index (Phi) is 41.0. The summed E-state index contributed by atoms with van der Waals surface area (Å²) in [4.78, 5) is 37.0. The molecule has 0 spiro atoms. The molecule has 380 valence electrons. The van der Waals surface area contributed by atoms with E-state index in [0.29, 0.717) is 12.8 Å². The molecule has 0 aromatic rings. The van der Waals surface area contributed by atoms with Crippen molar-refractivity contribution in [2.75, 3.05) is 13.2 Å². The molecule has 0 aromatic heterocycles. The molecule has 4 N–H and O–H groups in total. The monoisotopic (exact) mass is 931 g/mol. The van der Waals surface area contributed by atoms with E-state index in [-0.39, 0.29) is 19.4 Å². The third-order valence-electron chi connectivity index (χ3n) is 11.9. The summed E-state index contributed by atoms with van der Waals surface area (Å²) in [6.07, 6.45) is 46.9. The maximum Gasteiger partial charge on any atom is 0.335 e. The molecule has 66 heavy (non-hydrogen) atoms. The van der Waals surface area contributed by atoms with Crippen LogP contribution in [0.3, 0.4) is 0 Å². The van der Waals surface area contributed by atoms with Gasteiger partial charge in [0.05, 0.1) is 6.61 Å². The van der Waals surface area contributed by atoms with Crippen molar-refractivity contribution in [2.45, 2.75) is 256 Å². The van der Waals surface area contributed by atoms with Crippen LogP contribution in [0.25, 0.3) is 0 Å². The quantitative estimate of drug-likeness (QED) is 0.0261. The summed E-state index contributed by atoms with van der Waals surface area (Å²) in [5.74, 6) is -2.45. The molecular weight excluding hydrogens is 837 g/mol. The Hall–Kier alpha value is -3.09. The van der Waals surface area contributed by atoms with Gasteiger partial charge >= 0.3 is 17.9 Å². The number of carbonyl (C=O) groups excluding carboxylic acids is 2. The zero-order chi connectivity index (χ0) is 48.1. The number of ether oxygens (including phenoxy) is 4. The summed E-state index contributed by atoms with van der Waals surface area (Å²) in [7, 11) is 0. The highest BCUT2D eigenvalue weighted by Gasteiger charge is 2.47. The minimum Gasteiger partial charge on any atom is -0.479 e. The maximum absolute atomic E-state index is 12.8. The van der Waals surface area contributed by atoms with Crippen molar-refractivity contribution in [2.24, 2.45) is 0 Å². The number of esters is 2. The number of hydrogen-bond acceptors (Lipinski definition) is 10. The van der Waals surface area contributed by atoms with Gasteiger partial charge in [-0.25, -0.2) is 4.79 Å². The van der Waals surface area contributed by atoms with Crippen molar-refractivity contribution in [3.63, 3.8) is 0 Å². The summed E-state index contributed by atoms with van der Waals surface area (Å²) in [6.45, 7) is 3.71. The zero-order valence-corrected chi connectivity index (χ0v) is 41.4. The lowest BCUT2D eigenvalue weighted by atomic mass is 9.99. The molecule has 0 amide bonds. The molecule has 1 aliphatic rings. The van der Waals surface area contributed by atoms with Gasteiger partial charge in [-0.05, 0) is 77.0 Å². The molecule has 0 saturated carbocycles. The second-order valence-electron chi connectivity index (χ2n) is 18.0. The first kappa shape index (κ1) is 60.9. The highest BCUT2D eigenvalue weighted by molar-refractivity contribution is 5.73. The molecule has 1 fully saturated rings. The van der Waals surface area contributed by atoms with Crippen LogP contribution >= 0.6 is 0 Å². The summed E-state index contributed by atoms with van der Waals surface area (Å²) < 4.78 is 21.8. The highest BCUT2D eigenvalue weighted by Crippen LogP contribution is 2.23. The van der Waals surface area contributed by atoms with Gasteiger partial charge < -0.3 is 39.4 Å². The van der Waals surface area contributed by atoms with E-state index in [2.05, 4.69) is 74.6 Å². The van der Waals surface area contributed by atoms with Gasteiger partial charge in [-0.1, -0.05) is 190 Å². The van der Waals surface area contributed by atoms with E-state index in [1.54, 1.807) is 0 Å². The first-order chi connectivity index (χ1) is 32.2. The first-order valence-corrected chi connectivity index (χ1v) is 26.3. The molecule has 0 radical (unpaired) electrons. The molecule has 1 saturated heterocycles. The van der Waals surface area contributed by atoms with E-state index < -0.39 is 61.3 Å². The molecular formula is C55H94O11. The molecule has 1 rings (SSSR count). The van der Waals surface area contributed by atoms with Crippen molar-refractivity contribution in [3.05, 3.63) is 60.8 Å². The number of aliphatic hydroxyl groups is 3. The molecule has 1 heterocycles. The molecule has 0 aromatic carbocycles. The van der Waals surface area contributed by atoms with Gasteiger partial charge in [0.15, 0.2) is 18.5 Å². The van der Waals surface area contributed by atoms with Crippen molar-refractivity contribution >= 4 is 17.9 Å². The average molecular weight is 931 g/mol. The van der Waals surface area contributed by atoms with Crippen LogP contribution in [0.15, 0.2) is 60.8 Å². The summed E-state index contributed by atoms with van der Waals surface area (Å²) in [5, 5.41) is 40.0. The number of hydrogen-bond donors (Lipinski definition) is 4. The minimum atomic E-state index is -1.86. The first-order valence-electron chi connectivity index (χ1n) is 26.3. The fraction of sp³-hybridized carbons (Fsp3) is 0.764. The van der Waals surface area contributed by atoms with Crippen molar-refractivity contribution in [1.29, 1.82) is 0 Å². The predicted octanol–water partition coefficient (Wildman–Crippen LogP) is 12.7. The van der Waals surface area contributed by atoms with Gasteiger partial charge in [0, 0.05) is 12.8 Å². The lowest BCUT2D eigenvalue weighted by Gasteiger charge is -2.38. The topological polar surface area (TPSA) is 169 Å². The van der Waals surface area contributed by atoms with E-state index in [4.69, 9.17) is 18.9 Å². The second kappa shape index (κ2) is 44.4. The van der Waals surface area contributed by atoms with Crippen molar-refractivity contribution < 1.29 is 53.8 Å². The molecule has 0 bridgehead atoms. The van der Waals surface area contributed by atoms with Crippen LogP contribution < -0.4 is 0 Å². The fourth-order valence-electron chi connectivity index (χ4n) is 7.75. The Bertz CT molecular complexity index is 1320. The van der Waals surface area contributed by atoms with E-state index in [1.807, 2.05) is 0 Å². The predicted molar refractivity (Wildman–Crippen MR) is 266 cm³/mol. The lowest BCUT2D eigenvalue weighted by Crippen LogP contribution is -2.60. The van der Waals surface area contributed by atoms with Crippen LogP contribution in [0.4, 0.5) is 0 Å². The number of carboxylic acid groups (broad SMARTS) is 1. The lowest BCUT2D eigenvalue weighted by molar-refractivity contribution is -0.298. The van der Waals surface area contributed by atoms with E-state index in [0.717, 1.165) is 70.6 Å². The van der Waals surface area contributed by atoms with Crippen LogP contribution in [-0.2, 0) is 33.3 Å². The number of carbonyl (C=O) groups is 3. The standard InChI is InChI=1S/C55H94O11/c1-3-5-7-9-11-13-15-17-19-21-23-24-26-27-29-31-33-35-37-39-41-43-48(56)63-45-47(46-64-55-52(60)50(58)51(59)53(66-55)54(61)62)65-49(57)44-42-40-38-36-34-32-30-28-25-22-20-18-16-14-12-10-8-6-4-2/h5,7,11,13,17-20,23-24,47,50-53,55,58-60H,3-4,6,8-10,12,14-16,21-22,25-46H2,1-2H3,(H,61,62)/b7-5-,13-11-,19-17-,20-18-,24-23-. The molecule has 11 nitrogen and oxygen atoms in total. The van der Waals surface area contributed by atoms with Crippen LogP contribution in [0.5, 0.6) is 0 Å². The Morgan fingerprint density at radius 1 is 0.485 bits per heavy atom. The van der Waals surface area contributed by atoms with Crippen molar-refractivity contribution in [3.8, 4) is 0 Å². The SMILES string of the molecule is CC/C=C\C/C=C\C/C=C\C/C=C\CCCCCCCCCCC(=O)OCC(COC1OC(C(=O)O)C(O)C(O)C1O)OC(=O)CCCCCCCCCCC/C=C\CCCCCCCC. The fourth-order valence-corrected chi connectivity index (χ4v) is 7.75. The van der Waals surface area contributed by atoms with Crippen LogP contribution in [0.2, 0.25) is 0 Å². The largest absolute Gasteiger partial charge is 0.479 e. The Morgan fingerprint density at radius 2 is 0.894 bits per heavy atom. The molecule has 1 aliphatic heterocycles. The number of aliphatic hydroxyl groups excluding tert-OH is 3. The van der Waals surface area contributed by atoms with Gasteiger partial charge in [-0.2, -0.15) is 0 Å².